The predicted octanol–water partition coefficient (Wildman–Crippen LogP) is -1.03. The Morgan fingerprint density at radius 2 is 2.14 bits per heavy atom. The van der Waals surface area contributed by atoms with Crippen LogP contribution in [0.25, 0.3) is 0 Å². The van der Waals surface area contributed by atoms with E-state index < -0.39 is 29.1 Å². The highest BCUT2D eigenvalue weighted by molar-refractivity contribution is 6.01. The molecule has 9 nitrogen and oxygen atoms in total. The summed E-state index contributed by atoms with van der Waals surface area (Å²) in [6, 6.07) is -0.942. The molecule has 2 aliphatic rings. The Morgan fingerprint density at radius 1 is 1.52 bits per heavy atom. The Kier molecular flexibility index (Phi) is 3.32. The Morgan fingerprint density at radius 3 is 2.57 bits per heavy atom. The van der Waals surface area contributed by atoms with Gasteiger partial charge in [0.05, 0.1) is 19.3 Å². The number of amides is 2. The molecule has 2 amide bonds. The number of carbonyl (C=O) groups excluding carboxylic acids is 3. The first-order chi connectivity index (χ1) is 9.70. The second-order valence-electron chi connectivity index (χ2n) is 5.08. The Balaban J connectivity index is 2.65. The molecule has 2 rings (SSSR count). The lowest BCUT2D eigenvalue weighted by Gasteiger charge is -2.40. The maximum atomic E-state index is 12.2. The fourth-order valence-electron chi connectivity index (χ4n) is 3.08. The van der Waals surface area contributed by atoms with E-state index in [1.54, 1.807) is 0 Å². The van der Waals surface area contributed by atoms with Gasteiger partial charge in [-0.3, -0.25) is 9.80 Å². The average molecular weight is 299 g/mol. The van der Waals surface area contributed by atoms with E-state index in [9.17, 15) is 19.5 Å². The number of esters is 2. The molecule has 0 aliphatic carbocycles. The summed E-state index contributed by atoms with van der Waals surface area (Å²) in [6.07, 6.45) is 0.0809. The number of carbonyl (C=O) groups is 3. The highest BCUT2D eigenvalue weighted by atomic mass is 16.5. The Labute approximate surface area is 120 Å². The van der Waals surface area contributed by atoms with Crippen LogP contribution in [0.1, 0.15) is 20.3 Å². The highest BCUT2D eigenvalue weighted by Gasteiger charge is 2.69. The first-order valence-electron chi connectivity index (χ1n) is 6.25. The molecular weight excluding hydrogens is 282 g/mol. The van der Waals surface area contributed by atoms with E-state index in [2.05, 4.69) is 5.43 Å². The molecule has 1 spiro atoms. The van der Waals surface area contributed by atoms with E-state index in [0.29, 0.717) is 0 Å². The summed E-state index contributed by atoms with van der Waals surface area (Å²) in [5, 5.41) is 11.8. The van der Waals surface area contributed by atoms with E-state index >= 15 is 0 Å². The van der Waals surface area contributed by atoms with E-state index in [-0.39, 0.29) is 24.3 Å². The molecule has 0 aromatic carbocycles. The number of nitrogens with zero attached hydrogens (tertiary/aromatic N) is 1. The molecule has 21 heavy (non-hydrogen) atoms. The third-order valence-corrected chi connectivity index (χ3v) is 4.04. The number of methoxy groups -OCH3 is 1. The van der Waals surface area contributed by atoms with Crippen LogP contribution in [0, 0.1) is 5.41 Å². The van der Waals surface area contributed by atoms with Crippen molar-refractivity contribution in [3.8, 4) is 0 Å². The van der Waals surface area contributed by atoms with Crippen molar-refractivity contribution in [1.29, 1.82) is 0 Å². The molecule has 9 heteroatoms. The number of allylic oxidation sites excluding steroid dienone is 1. The molecule has 0 aromatic rings. The molecule has 2 atom stereocenters. The fraction of sp³-hybridized carbons (Fsp3) is 0.583. The van der Waals surface area contributed by atoms with Gasteiger partial charge in [0.25, 0.3) is 0 Å². The van der Waals surface area contributed by atoms with Crippen molar-refractivity contribution in [3.05, 3.63) is 11.3 Å². The number of nitrogens with one attached hydrogen (secondary N) is 1. The van der Waals surface area contributed by atoms with Crippen LogP contribution in [-0.2, 0) is 19.1 Å². The topological polar surface area (TPSA) is 131 Å². The van der Waals surface area contributed by atoms with Crippen LogP contribution in [0.15, 0.2) is 11.3 Å². The zero-order chi connectivity index (χ0) is 16.0. The lowest BCUT2D eigenvalue weighted by Crippen LogP contribution is -2.61. The number of hydrazine groups is 1. The van der Waals surface area contributed by atoms with Gasteiger partial charge >= 0.3 is 18.0 Å². The molecule has 0 radical (unpaired) electrons. The van der Waals surface area contributed by atoms with Crippen molar-refractivity contribution in [2.75, 3.05) is 13.7 Å². The van der Waals surface area contributed by atoms with Gasteiger partial charge in [-0.1, -0.05) is 0 Å². The van der Waals surface area contributed by atoms with Crippen LogP contribution in [0.4, 0.5) is 4.79 Å². The van der Waals surface area contributed by atoms with Crippen LogP contribution in [0.5, 0.6) is 0 Å². The molecular formula is C12H17N3O6. The standard InChI is InChI=1S/C12H17N3O6/c1-6-7(8(16)20-3)12(4-5-21-9(12)17)11(2,19)15(6)14-10(13)18/h19H,4-5H2,1-3H3,(H3,13,14,18)/t11-,12+/m0/s1. The smallest absolute Gasteiger partial charge is 0.336 e. The lowest BCUT2D eigenvalue weighted by molar-refractivity contribution is -0.177. The predicted molar refractivity (Wildman–Crippen MR) is 67.9 cm³/mol. The van der Waals surface area contributed by atoms with Crippen molar-refractivity contribution in [2.24, 2.45) is 11.1 Å². The third-order valence-electron chi connectivity index (χ3n) is 4.04. The van der Waals surface area contributed by atoms with Crippen molar-refractivity contribution in [2.45, 2.75) is 26.0 Å². The number of primary amides is 1. The minimum Gasteiger partial charge on any atom is -0.466 e. The van der Waals surface area contributed by atoms with E-state index in [4.69, 9.17) is 15.2 Å². The quantitative estimate of drug-likeness (QED) is 0.556. The second kappa shape index (κ2) is 4.62. The molecule has 116 valence electrons. The first-order valence-corrected chi connectivity index (χ1v) is 6.25. The van der Waals surface area contributed by atoms with Gasteiger partial charge in [0, 0.05) is 12.1 Å². The van der Waals surface area contributed by atoms with E-state index in [1.807, 2.05) is 0 Å². The number of urea groups is 1. The number of ether oxygens (including phenoxy) is 2. The summed E-state index contributed by atoms with van der Waals surface area (Å²) < 4.78 is 9.64. The fourth-order valence-corrected chi connectivity index (χ4v) is 3.08. The zero-order valence-corrected chi connectivity index (χ0v) is 11.9. The molecule has 1 saturated heterocycles. The van der Waals surface area contributed by atoms with Crippen molar-refractivity contribution in [1.82, 2.24) is 10.4 Å². The average Bonchev–Trinajstić information content (AvgIpc) is 2.84. The largest absolute Gasteiger partial charge is 0.466 e. The molecule has 0 bridgehead atoms. The number of rotatable bonds is 2. The normalized spacial score (nSPS) is 31.6. The van der Waals surface area contributed by atoms with Gasteiger partial charge in [0.1, 0.15) is 0 Å². The zero-order valence-electron chi connectivity index (χ0n) is 11.9. The Bertz CT molecular complexity index is 555. The van der Waals surface area contributed by atoms with Crippen LogP contribution in [-0.4, -0.2) is 47.5 Å². The van der Waals surface area contributed by atoms with E-state index in [0.717, 1.165) is 12.1 Å². The molecule has 0 unspecified atom stereocenters. The SMILES string of the molecule is COC(=O)C1=C(C)N(NC(N)=O)[C@@](C)(O)[C@]12CCOC2=O. The van der Waals surface area contributed by atoms with Crippen LogP contribution < -0.4 is 11.2 Å². The van der Waals surface area contributed by atoms with Crippen molar-refractivity contribution < 1.29 is 29.0 Å². The first kappa shape index (κ1) is 15.1. The summed E-state index contributed by atoms with van der Waals surface area (Å²) in [5.41, 5.74) is 3.86. The van der Waals surface area contributed by atoms with Gasteiger partial charge < -0.3 is 20.3 Å². The minimum atomic E-state index is -1.91. The van der Waals surface area contributed by atoms with Gasteiger partial charge in [-0.25, -0.2) is 15.0 Å². The number of nitrogens with two attached hydrogens (primary N) is 1. The number of cyclic esters (lactones) is 1. The summed E-state index contributed by atoms with van der Waals surface area (Å²) in [4.78, 5) is 35.4. The lowest BCUT2D eigenvalue weighted by atomic mass is 9.72. The van der Waals surface area contributed by atoms with Crippen LogP contribution in [0.3, 0.4) is 0 Å². The molecule has 1 fully saturated rings. The monoisotopic (exact) mass is 299 g/mol. The third kappa shape index (κ3) is 1.77. The van der Waals surface area contributed by atoms with E-state index in [1.165, 1.54) is 13.8 Å². The van der Waals surface area contributed by atoms with Gasteiger partial charge in [-0.15, -0.1) is 0 Å². The molecule has 0 saturated carbocycles. The van der Waals surface area contributed by atoms with Gasteiger partial charge in [0.15, 0.2) is 11.1 Å². The maximum Gasteiger partial charge on any atom is 0.336 e. The van der Waals surface area contributed by atoms with Crippen LogP contribution in [0.2, 0.25) is 0 Å². The van der Waals surface area contributed by atoms with Crippen LogP contribution >= 0.6 is 0 Å². The van der Waals surface area contributed by atoms with Gasteiger partial charge in [-0.05, 0) is 13.8 Å². The number of hydrogen-bond donors (Lipinski definition) is 3. The summed E-state index contributed by atoms with van der Waals surface area (Å²) in [7, 11) is 1.16. The summed E-state index contributed by atoms with van der Waals surface area (Å²) >= 11 is 0. The number of hydrogen-bond acceptors (Lipinski definition) is 7. The minimum absolute atomic E-state index is 0.0488. The molecule has 0 aromatic heterocycles. The summed E-state index contributed by atoms with van der Waals surface area (Å²) in [6.45, 7) is 2.82. The second-order valence-corrected chi connectivity index (χ2v) is 5.08. The van der Waals surface area contributed by atoms with Crippen molar-refractivity contribution in [3.63, 3.8) is 0 Å². The van der Waals surface area contributed by atoms with Gasteiger partial charge in [0.2, 0.25) is 0 Å². The highest BCUT2D eigenvalue weighted by Crippen LogP contribution is 2.54. The maximum absolute atomic E-state index is 12.2. The molecule has 4 N–H and O–H groups in total. The Hall–Kier alpha value is -2.29. The number of aliphatic hydroxyl groups is 1. The summed E-state index contributed by atoms with van der Waals surface area (Å²) in [5.74, 6) is -1.53. The van der Waals surface area contributed by atoms with Gasteiger partial charge in [-0.2, -0.15) is 0 Å². The molecule has 2 heterocycles. The molecule has 2 aliphatic heterocycles. The van der Waals surface area contributed by atoms with Crippen molar-refractivity contribution >= 4 is 18.0 Å².